The van der Waals surface area contributed by atoms with Gasteiger partial charge in [-0.15, -0.1) is 0 Å². The molecule has 1 unspecified atom stereocenters. The lowest BCUT2D eigenvalue weighted by atomic mass is 9.93. The molecule has 2 amide bonds. The highest BCUT2D eigenvalue weighted by molar-refractivity contribution is 6.41. The zero-order chi connectivity index (χ0) is 21.6. The van der Waals surface area contributed by atoms with E-state index in [0.29, 0.717) is 0 Å². The van der Waals surface area contributed by atoms with Crippen LogP contribution in [0.5, 0.6) is 0 Å². The first-order valence-electron chi connectivity index (χ1n) is 10.0. The van der Waals surface area contributed by atoms with Crippen LogP contribution in [0.2, 0.25) is 0 Å². The van der Waals surface area contributed by atoms with Crippen LogP contribution in [0.3, 0.4) is 0 Å². The number of rotatable bonds is 8. The van der Waals surface area contributed by atoms with E-state index in [1.807, 2.05) is 0 Å². The summed E-state index contributed by atoms with van der Waals surface area (Å²) in [6.07, 6.45) is 8.24. The van der Waals surface area contributed by atoms with Crippen molar-refractivity contribution in [1.82, 2.24) is 20.0 Å². The van der Waals surface area contributed by atoms with E-state index in [2.05, 4.69) is 30.8 Å². The molecule has 0 aromatic carbocycles. The highest BCUT2D eigenvalue weighted by atomic mass is 35.5. The van der Waals surface area contributed by atoms with Gasteiger partial charge in [0.1, 0.15) is 6.61 Å². The lowest BCUT2D eigenvalue weighted by Gasteiger charge is -2.23. The van der Waals surface area contributed by atoms with E-state index in [1.54, 1.807) is 36.1 Å². The van der Waals surface area contributed by atoms with Gasteiger partial charge in [0.05, 0.1) is 16.9 Å². The first-order chi connectivity index (χ1) is 13.8. The predicted molar refractivity (Wildman–Crippen MR) is 114 cm³/mol. The van der Waals surface area contributed by atoms with E-state index in [-0.39, 0.29) is 29.7 Å². The molecule has 0 aliphatic heterocycles. The van der Waals surface area contributed by atoms with Crippen molar-refractivity contribution >= 4 is 29.2 Å². The average molecular weight is 423 g/mol. The molecule has 7 nitrogen and oxygen atoms in total. The maximum atomic E-state index is 12.5. The van der Waals surface area contributed by atoms with Crippen LogP contribution in [0.1, 0.15) is 57.2 Å². The van der Waals surface area contributed by atoms with E-state index in [0.717, 1.165) is 48.9 Å². The minimum absolute atomic E-state index is 0.0833. The van der Waals surface area contributed by atoms with Crippen LogP contribution in [0, 0.1) is 5.92 Å². The molecule has 1 fully saturated rings. The second kappa shape index (κ2) is 10.5. The lowest BCUT2D eigenvalue weighted by molar-refractivity contribution is -0.115. The third-order valence-electron chi connectivity index (χ3n) is 5.61. The Balaban J connectivity index is 2.18. The number of nitrogens with one attached hydrogen (secondary N) is 1. The third-order valence-corrected chi connectivity index (χ3v) is 5.79. The Bertz CT molecular complexity index is 781. The highest BCUT2D eigenvalue weighted by Crippen LogP contribution is 2.29. The first-order valence-corrected chi connectivity index (χ1v) is 10.4. The minimum Gasteiger partial charge on any atom is -0.443 e. The Labute approximate surface area is 177 Å². The van der Waals surface area contributed by atoms with Gasteiger partial charge in [-0.25, -0.2) is 4.79 Å². The number of aryl methyl sites for hydroxylation is 1. The number of halogens is 1. The van der Waals surface area contributed by atoms with Crippen LogP contribution < -0.4 is 5.32 Å². The van der Waals surface area contributed by atoms with E-state index in [1.165, 1.54) is 0 Å². The Morgan fingerprint density at radius 2 is 2.14 bits per heavy atom. The molecule has 1 aliphatic carbocycles. The van der Waals surface area contributed by atoms with Gasteiger partial charge in [0, 0.05) is 31.9 Å². The number of hydrogen-bond acceptors (Lipinski definition) is 4. The van der Waals surface area contributed by atoms with Crippen LogP contribution in [0.4, 0.5) is 4.79 Å². The molecule has 8 heteroatoms. The number of nitrogens with zero attached hydrogens (tertiary/aromatic N) is 3. The summed E-state index contributed by atoms with van der Waals surface area (Å²) in [7, 11) is 3.60. The van der Waals surface area contributed by atoms with E-state index >= 15 is 0 Å². The summed E-state index contributed by atoms with van der Waals surface area (Å²) in [6, 6.07) is 0.253. The average Bonchev–Trinajstić information content (AvgIpc) is 3.35. The van der Waals surface area contributed by atoms with Crippen LogP contribution in [-0.2, 0) is 23.2 Å². The first kappa shape index (κ1) is 23.0. The number of carbonyl (C=O) groups is 2. The molecule has 0 saturated heterocycles. The van der Waals surface area contributed by atoms with Gasteiger partial charge in [-0.1, -0.05) is 44.9 Å². The molecule has 0 spiro atoms. The van der Waals surface area contributed by atoms with E-state index in [4.69, 9.17) is 16.3 Å². The SMILES string of the molecule is C=C(Cl)C(=O)N/C=C(/c1cnn(C)c1COC(=O)N(C)C1CCCC1)C(C)CC. The summed E-state index contributed by atoms with van der Waals surface area (Å²) in [6.45, 7) is 7.66. The van der Waals surface area contributed by atoms with Gasteiger partial charge in [0.25, 0.3) is 5.91 Å². The maximum absolute atomic E-state index is 12.5. The molecule has 1 aromatic rings. The van der Waals surface area contributed by atoms with Crippen molar-refractivity contribution in [3.8, 4) is 0 Å². The van der Waals surface area contributed by atoms with Gasteiger partial charge in [-0.2, -0.15) is 5.10 Å². The van der Waals surface area contributed by atoms with Gasteiger partial charge in [-0.05, 0) is 30.8 Å². The fourth-order valence-corrected chi connectivity index (χ4v) is 3.53. The van der Waals surface area contributed by atoms with Crippen molar-refractivity contribution in [2.24, 2.45) is 13.0 Å². The summed E-state index contributed by atoms with van der Waals surface area (Å²) in [4.78, 5) is 26.0. The van der Waals surface area contributed by atoms with Crippen molar-refractivity contribution in [1.29, 1.82) is 0 Å². The zero-order valence-electron chi connectivity index (χ0n) is 17.7. The summed E-state index contributed by atoms with van der Waals surface area (Å²) in [5, 5.41) is 6.92. The van der Waals surface area contributed by atoms with Gasteiger partial charge in [0.2, 0.25) is 0 Å². The molecule has 0 bridgehead atoms. The molecule has 0 radical (unpaired) electrons. The molecular weight excluding hydrogens is 392 g/mol. The van der Waals surface area contributed by atoms with Gasteiger partial charge in [-0.3, -0.25) is 9.48 Å². The van der Waals surface area contributed by atoms with Crippen LogP contribution in [-0.4, -0.2) is 39.8 Å². The van der Waals surface area contributed by atoms with E-state index in [9.17, 15) is 9.59 Å². The van der Waals surface area contributed by atoms with Crippen molar-refractivity contribution in [2.45, 2.75) is 58.6 Å². The van der Waals surface area contributed by atoms with E-state index < -0.39 is 5.91 Å². The molecule has 1 heterocycles. The Hall–Kier alpha value is -2.28. The fourth-order valence-electron chi connectivity index (χ4n) is 3.47. The van der Waals surface area contributed by atoms with Gasteiger partial charge >= 0.3 is 6.09 Å². The topological polar surface area (TPSA) is 76.5 Å². The molecule has 160 valence electrons. The van der Waals surface area contributed by atoms with Crippen LogP contribution in [0.15, 0.2) is 24.0 Å². The molecule has 1 atom stereocenters. The number of amides is 2. The second-order valence-electron chi connectivity index (χ2n) is 7.52. The largest absolute Gasteiger partial charge is 0.443 e. The van der Waals surface area contributed by atoms with Crippen molar-refractivity contribution in [2.75, 3.05) is 7.05 Å². The molecule has 1 saturated carbocycles. The molecule has 29 heavy (non-hydrogen) atoms. The normalized spacial score (nSPS) is 15.8. The smallest absolute Gasteiger partial charge is 0.410 e. The van der Waals surface area contributed by atoms with Gasteiger partial charge < -0.3 is 15.0 Å². The Morgan fingerprint density at radius 1 is 1.48 bits per heavy atom. The Morgan fingerprint density at radius 3 is 2.72 bits per heavy atom. The van der Waals surface area contributed by atoms with Gasteiger partial charge in [0.15, 0.2) is 0 Å². The number of aromatic nitrogens is 2. The quantitative estimate of drug-likeness (QED) is 0.637. The predicted octanol–water partition coefficient (Wildman–Crippen LogP) is 4.19. The molecule has 1 N–H and O–H groups in total. The molecular formula is C21H31ClN4O3. The summed E-state index contributed by atoms with van der Waals surface area (Å²) in [5.41, 5.74) is 2.49. The van der Waals surface area contributed by atoms with Crippen molar-refractivity contribution in [3.05, 3.63) is 35.3 Å². The van der Waals surface area contributed by atoms with Crippen molar-refractivity contribution in [3.63, 3.8) is 0 Å². The Kier molecular flexibility index (Phi) is 8.32. The molecule has 1 aliphatic rings. The molecule has 2 rings (SSSR count). The summed E-state index contributed by atoms with van der Waals surface area (Å²) >= 11 is 5.66. The van der Waals surface area contributed by atoms with Crippen LogP contribution >= 0.6 is 11.6 Å². The number of ether oxygens (including phenoxy) is 1. The standard InChI is InChI=1S/C21H31ClN4O3/c1-6-14(2)17(11-23-20(27)15(3)22)18-12-24-26(5)19(18)13-29-21(28)25(4)16-9-7-8-10-16/h11-12,14,16H,3,6-10,13H2,1-2,4-5H3,(H,23,27)/b17-11+. The minimum atomic E-state index is -0.456. The monoisotopic (exact) mass is 422 g/mol. The maximum Gasteiger partial charge on any atom is 0.410 e. The second-order valence-corrected chi connectivity index (χ2v) is 7.98. The number of carbonyl (C=O) groups excluding carboxylic acids is 2. The number of hydrogen-bond donors (Lipinski definition) is 1. The highest BCUT2D eigenvalue weighted by Gasteiger charge is 2.25. The third kappa shape index (κ3) is 5.85. The number of allylic oxidation sites excluding steroid dienone is 1. The lowest BCUT2D eigenvalue weighted by Crippen LogP contribution is -2.35. The van der Waals surface area contributed by atoms with Crippen LogP contribution in [0.25, 0.3) is 5.57 Å². The fraction of sp³-hybridized carbons (Fsp3) is 0.571. The summed E-state index contributed by atoms with van der Waals surface area (Å²) in [5.74, 6) is -0.304. The molecule has 1 aromatic heterocycles. The summed E-state index contributed by atoms with van der Waals surface area (Å²) < 4.78 is 7.28. The van der Waals surface area contributed by atoms with Crippen molar-refractivity contribution < 1.29 is 14.3 Å². The zero-order valence-corrected chi connectivity index (χ0v) is 18.5.